The van der Waals surface area contributed by atoms with Crippen LogP contribution in [0.4, 0.5) is 5.69 Å². The number of rotatable bonds is 1. The quantitative estimate of drug-likeness (QED) is 0.558. The minimum absolute atomic E-state index is 0.116. The summed E-state index contributed by atoms with van der Waals surface area (Å²) in [5.74, 6) is 0.233. The lowest BCUT2D eigenvalue weighted by atomic mass is 9.97. The highest BCUT2D eigenvalue weighted by Gasteiger charge is 2.22. The van der Waals surface area contributed by atoms with Gasteiger partial charge in [-0.15, -0.1) is 0 Å². The first-order valence-electron chi connectivity index (χ1n) is 4.83. The average Bonchev–Trinajstić information content (AvgIpc) is 2.23. The van der Waals surface area contributed by atoms with E-state index < -0.39 is 0 Å². The van der Waals surface area contributed by atoms with E-state index >= 15 is 0 Å². The molecule has 78 valence electrons. The molecule has 0 aromatic heterocycles. The third-order valence-electron chi connectivity index (χ3n) is 2.73. The molecule has 1 aliphatic rings. The minimum atomic E-state index is -0.116. The summed E-state index contributed by atoms with van der Waals surface area (Å²) in [5.41, 5.74) is 1.91. The monoisotopic (exact) mass is 204 g/mol. The van der Waals surface area contributed by atoms with Crippen LogP contribution in [0.15, 0.2) is 23.2 Å². The Morgan fingerprint density at radius 1 is 1.60 bits per heavy atom. The Hall–Kier alpha value is -1.80. The van der Waals surface area contributed by atoms with Crippen molar-refractivity contribution < 1.29 is 9.90 Å². The summed E-state index contributed by atoms with van der Waals surface area (Å²) < 4.78 is 0. The Kier molecular flexibility index (Phi) is 2.44. The highest BCUT2D eigenvalue weighted by molar-refractivity contribution is 5.60. The van der Waals surface area contributed by atoms with E-state index in [1.54, 1.807) is 18.2 Å². The fourth-order valence-corrected chi connectivity index (χ4v) is 1.93. The molecule has 0 saturated heterocycles. The summed E-state index contributed by atoms with van der Waals surface area (Å²) in [6, 6.07) is 5.01. The lowest BCUT2D eigenvalue weighted by Gasteiger charge is -2.30. The smallest absolute Gasteiger partial charge is 0.235 e. The summed E-state index contributed by atoms with van der Waals surface area (Å²) >= 11 is 0. The second-order valence-corrected chi connectivity index (χ2v) is 3.69. The van der Waals surface area contributed by atoms with E-state index in [9.17, 15) is 9.90 Å². The van der Waals surface area contributed by atoms with Crippen LogP contribution in [0.1, 0.15) is 18.0 Å². The van der Waals surface area contributed by atoms with Crippen LogP contribution in [0.5, 0.6) is 5.75 Å². The Bertz CT molecular complexity index is 425. The lowest BCUT2D eigenvalue weighted by Crippen LogP contribution is -2.26. The van der Waals surface area contributed by atoms with Crippen molar-refractivity contribution in [3.8, 4) is 5.75 Å². The standard InChI is InChI=1S/C11H12N2O2/c1-13-5-4-10(12-7-14)9-3-2-8(15)6-11(9)13/h2-3,6,10,15H,4-5H2,1H3. The summed E-state index contributed by atoms with van der Waals surface area (Å²) in [5, 5.41) is 9.39. The molecule has 0 radical (unpaired) electrons. The van der Waals surface area contributed by atoms with Crippen LogP contribution in [0.25, 0.3) is 0 Å². The molecule has 1 aliphatic heterocycles. The van der Waals surface area contributed by atoms with Crippen molar-refractivity contribution in [2.75, 3.05) is 18.5 Å². The maximum atomic E-state index is 10.3. The van der Waals surface area contributed by atoms with Gasteiger partial charge in [0.25, 0.3) is 0 Å². The zero-order valence-corrected chi connectivity index (χ0v) is 8.47. The van der Waals surface area contributed by atoms with E-state index in [1.165, 1.54) is 0 Å². The van der Waals surface area contributed by atoms with Gasteiger partial charge in [-0.1, -0.05) is 6.07 Å². The van der Waals surface area contributed by atoms with Crippen molar-refractivity contribution in [1.29, 1.82) is 0 Å². The summed E-state index contributed by atoms with van der Waals surface area (Å²) in [7, 11) is 1.96. The molecule has 1 aromatic rings. The first-order chi connectivity index (χ1) is 7.22. The number of phenolic OH excluding ortho intramolecular Hbond substituents is 1. The summed E-state index contributed by atoms with van der Waals surface area (Å²) in [4.78, 5) is 16.1. The van der Waals surface area contributed by atoms with E-state index in [0.29, 0.717) is 0 Å². The maximum Gasteiger partial charge on any atom is 0.235 e. The zero-order chi connectivity index (χ0) is 10.8. The van der Waals surface area contributed by atoms with Crippen molar-refractivity contribution in [3.05, 3.63) is 23.8 Å². The van der Waals surface area contributed by atoms with Gasteiger partial charge in [-0.2, -0.15) is 4.99 Å². The van der Waals surface area contributed by atoms with Gasteiger partial charge < -0.3 is 10.0 Å². The van der Waals surface area contributed by atoms with Crippen LogP contribution < -0.4 is 4.90 Å². The van der Waals surface area contributed by atoms with E-state index in [2.05, 4.69) is 4.99 Å². The molecule has 1 N–H and O–H groups in total. The molecule has 4 nitrogen and oxygen atoms in total. The molecule has 0 fully saturated rings. The number of carbonyl (C=O) groups excluding carboxylic acids is 1. The van der Waals surface area contributed by atoms with Gasteiger partial charge in [-0.25, -0.2) is 4.79 Å². The van der Waals surface area contributed by atoms with Gasteiger partial charge in [0, 0.05) is 30.9 Å². The van der Waals surface area contributed by atoms with Gasteiger partial charge in [0.1, 0.15) is 5.75 Å². The Morgan fingerprint density at radius 2 is 2.40 bits per heavy atom. The van der Waals surface area contributed by atoms with Crippen molar-refractivity contribution in [1.82, 2.24) is 0 Å². The highest BCUT2D eigenvalue weighted by atomic mass is 16.3. The number of isocyanates is 1. The number of anilines is 1. The average molecular weight is 204 g/mol. The predicted octanol–water partition coefficient (Wildman–Crippen LogP) is 1.61. The van der Waals surface area contributed by atoms with Crippen molar-refractivity contribution >= 4 is 11.8 Å². The molecule has 0 amide bonds. The Morgan fingerprint density at radius 3 is 3.13 bits per heavy atom. The lowest BCUT2D eigenvalue weighted by molar-refractivity contribution is 0.474. The highest BCUT2D eigenvalue weighted by Crippen LogP contribution is 2.36. The number of hydrogen-bond acceptors (Lipinski definition) is 4. The van der Waals surface area contributed by atoms with Gasteiger partial charge in [-0.05, 0) is 12.5 Å². The van der Waals surface area contributed by atoms with Crippen molar-refractivity contribution in [2.45, 2.75) is 12.5 Å². The number of phenols is 1. The second-order valence-electron chi connectivity index (χ2n) is 3.69. The van der Waals surface area contributed by atoms with E-state index in [0.717, 1.165) is 24.2 Å². The molecular formula is C11H12N2O2. The molecule has 1 aromatic carbocycles. The largest absolute Gasteiger partial charge is 0.508 e. The number of nitrogens with zero attached hydrogens (tertiary/aromatic N) is 2. The number of fused-ring (bicyclic) bond motifs is 1. The maximum absolute atomic E-state index is 10.3. The van der Waals surface area contributed by atoms with Crippen molar-refractivity contribution in [3.63, 3.8) is 0 Å². The predicted molar refractivity (Wildman–Crippen MR) is 56.9 cm³/mol. The minimum Gasteiger partial charge on any atom is -0.508 e. The molecule has 1 unspecified atom stereocenters. The van der Waals surface area contributed by atoms with Gasteiger partial charge in [0.2, 0.25) is 6.08 Å². The first kappa shape index (κ1) is 9.74. The molecule has 0 bridgehead atoms. The topological polar surface area (TPSA) is 52.9 Å². The molecule has 0 spiro atoms. The van der Waals surface area contributed by atoms with Crippen LogP contribution in [0.2, 0.25) is 0 Å². The Balaban J connectivity index is 2.49. The number of benzene rings is 1. The van der Waals surface area contributed by atoms with Gasteiger partial charge >= 0.3 is 0 Å². The second kappa shape index (κ2) is 3.75. The van der Waals surface area contributed by atoms with Crippen LogP contribution in [-0.2, 0) is 4.79 Å². The van der Waals surface area contributed by atoms with E-state index in [4.69, 9.17) is 0 Å². The van der Waals surface area contributed by atoms with Crippen molar-refractivity contribution in [2.24, 2.45) is 4.99 Å². The SMILES string of the molecule is CN1CCC(N=C=O)c2ccc(O)cc21. The molecule has 4 heteroatoms. The fraction of sp³-hybridized carbons (Fsp3) is 0.364. The number of aromatic hydroxyl groups is 1. The van der Waals surface area contributed by atoms with Crippen LogP contribution in [0.3, 0.4) is 0 Å². The molecule has 2 rings (SSSR count). The molecule has 1 atom stereocenters. The zero-order valence-electron chi connectivity index (χ0n) is 8.47. The molecular weight excluding hydrogens is 192 g/mol. The summed E-state index contributed by atoms with van der Waals surface area (Å²) in [6.45, 7) is 0.826. The van der Waals surface area contributed by atoms with Crippen LogP contribution in [-0.4, -0.2) is 24.8 Å². The fourth-order valence-electron chi connectivity index (χ4n) is 1.93. The molecule has 0 aliphatic carbocycles. The van der Waals surface area contributed by atoms with Crippen LogP contribution in [0, 0.1) is 0 Å². The van der Waals surface area contributed by atoms with Gasteiger partial charge in [0.05, 0.1) is 6.04 Å². The van der Waals surface area contributed by atoms with Crippen LogP contribution >= 0.6 is 0 Å². The summed E-state index contributed by atoms with van der Waals surface area (Å²) in [6.07, 6.45) is 2.41. The first-order valence-corrected chi connectivity index (χ1v) is 4.83. The van der Waals surface area contributed by atoms with Gasteiger partial charge in [0.15, 0.2) is 0 Å². The molecule has 0 saturated carbocycles. The molecule has 15 heavy (non-hydrogen) atoms. The number of aliphatic imine (C=N–C) groups is 1. The van der Waals surface area contributed by atoms with E-state index in [-0.39, 0.29) is 11.8 Å². The Labute approximate surface area is 87.9 Å². The number of hydrogen-bond donors (Lipinski definition) is 1. The third-order valence-corrected chi connectivity index (χ3v) is 2.73. The normalized spacial score (nSPS) is 19.3. The third kappa shape index (κ3) is 1.72. The van der Waals surface area contributed by atoms with Gasteiger partial charge in [-0.3, -0.25) is 0 Å². The molecule has 1 heterocycles. The van der Waals surface area contributed by atoms with E-state index in [1.807, 2.05) is 18.0 Å².